The Kier molecular flexibility index (Phi) is 5.84. The molecule has 0 saturated carbocycles. The van der Waals surface area contributed by atoms with E-state index in [4.69, 9.17) is 10.5 Å². The molecule has 0 spiro atoms. The van der Waals surface area contributed by atoms with Crippen molar-refractivity contribution >= 4 is 15.9 Å². The quantitative estimate of drug-likeness (QED) is 0.890. The average molecular weight is 342 g/mol. The van der Waals surface area contributed by atoms with Gasteiger partial charge in [-0.1, -0.05) is 22.0 Å². The molecule has 20 heavy (non-hydrogen) atoms. The summed E-state index contributed by atoms with van der Waals surface area (Å²) < 4.78 is 6.97. The molecule has 1 fully saturated rings. The number of nitrogens with two attached hydrogens (primary N) is 1. The minimum absolute atomic E-state index is 0.0123. The molecular weight excluding hydrogens is 318 g/mol. The Morgan fingerprint density at radius 2 is 2.00 bits per heavy atom. The zero-order valence-corrected chi connectivity index (χ0v) is 13.9. The van der Waals surface area contributed by atoms with Crippen molar-refractivity contribution in [1.29, 1.82) is 0 Å². The van der Waals surface area contributed by atoms with Gasteiger partial charge in [0, 0.05) is 48.8 Å². The van der Waals surface area contributed by atoms with E-state index in [-0.39, 0.29) is 6.04 Å². The van der Waals surface area contributed by atoms with Gasteiger partial charge in [0.25, 0.3) is 0 Å². The summed E-state index contributed by atoms with van der Waals surface area (Å²) in [6.07, 6.45) is 0. The van der Waals surface area contributed by atoms with Crippen molar-refractivity contribution in [2.75, 3.05) is 46.4 Å². The highest BCUT2D eigenvalue weighted by atomic mass is 79.9. The summed E-state index contributed by atoms with van der Waals surface area (Å²) in [4.78, 5) is 4.81. The van der Waals surface area contributed by atoms with E-state index in [2.05, 4.69) is 32.8 Å². The maximum atomic E-state index is 5.98. The SMILES string of the molecule is CC(N)c1ccc(Br)cc1OCCN1CCN(C)CC1. The summed E-state index contributed by atoms with van der Waals surface area (Å²) in [6.45, 7) is 8.19. The standard InChI is InChI=1S/C15H24BrN3O/c1-12(17)14-4-3-13(16)11-15(14)20-10-9-19-7-5-18(2)6-8-19/h3-4,11-12H,5-10,17H2,1-2H3. The van der Waals surface area contributed by atoms with Crippen LogP contribution in [0.2, 0.25) is 0 Å². The summed E-state index contributed by atoms with van der Waals surface area (Å²) in [5, 5.41) is 0. The van der Waals surface area contributed by atoms with Crippen LogP contribution < -0.4 is 10.5 Å². The van der Waals surface area contributed by atoms with E-state index in [0.29, 0.717) is 6.61 Å². The molecule has 0 amide bonds. The van der Waals surface area contributed by atoms with E-state index in [1.165, 1.54) is 0 Å². The predicted octanol–water partition coefficient (Wildman–Crippen LogP) is 2.10. The number of ether oxygens (including phenoxy) is 1. The summed E-state index contributed by atoms with van der Waals surface area (Å²) in [7, 11) is 2.17. The van der Waals surface area contributed by atoms with E-state index in [1.54, 1.807) is 0 Å². The van der Waals surface area contributed by atoms with Crippen LogP contribution in [0.25, 0.3) is 0 Å². The van der Waals surface area contributed by atoms with Gasteiger partial charge in [-0.3, -0.25) is 4.90 Å². The summed E-state index contributed by atoms with van der Waals surface area (Å²) in [6, 6.07) is 6.02. The van der Waals surface area contributed by atoms with Crippen molar-refractivity contribution in [2.24, 2.45) is 5.73 Å². The zero-order valence-electron chi connectivity index (χ0n) is 12.3. The highest BCUT2D eigenvalue weighted by Gasteiger charge is 2.14. The van der Waals surface area contributed by atoms with Gasteiger partial charge >= 0.3 is 0 Å². The maximum Gasteiger partial charge on any atom is 0.125 e. The molecular formula is C15H24BrN3O. The summed E-state index contributed by atoms with van der Waals surface area (Å²) in [5.74, 6) is 0.892. The average Bonchev–Trinajstić information content (AvgIpc) is 2.41. The van der Waals surface area contributed by atoms with Crippen molar-refractivity contribution in [3.05, 3.63) is 28.2 Å². The number of halogens is 1. The minimum Gasteiger partial charge on any atom is -0.492 e. The number of hydrogen-bond donors (Lipinski definition) is 1. The van der Waals surface area contributed by atoms with Gasteiger partial charge in [-0.2, -0.15) is 0 Å². The number of piperazine rings is 1. The van der Waals surface area contributed by atoms with Gasteiger partial charge in [-0.25, -0.2) is 0 Å². The van der Waals surface area contributed by atoms with Gasteiger partial charge in [0.15, 0.2) is 0 Å². The Bertz CT molecular complexity index is 431. The van der Waals surface area contributed by atoms with Crippen molar-refractivity contribution in [2.45, 2.75) is 13.0 Å². The fraction of sp³-hybridized carbons (Fsp3) is 0.600. The molecule has 1 aromatic rings. The molecule has 1 atom stereocenters. The van der Waals surface area contributed by atoms with E-state index in [9.17, 15) is 0 Å². The molecule has 1 aliphatic heterocycles. The number of hydrogen-bond acceptors (Lipinski definition) is 4. The van der Waals surface area contributed by atoms with Crippen LogP contribution in [0.4, 0.5) is 0 Å². The molecule has 1 saturated heterocycles. The first kappa shape index (κ1) is 15.8. The van der Waals surface area contributed by atoms with Gasteiger partial charge in [-0.15, -0.1) is 0 Å². The lowest BCUT2D eigenvalue weighted by atomic mass is 10.1. The zero-order chi connectivity index (χ0) is 14.5. The van der Waals surface area contributed by atoms with Crippen LogP contribution in [0.5, 0.6) is 5.75 Å². The molecule has 112 valence electrons. The highest BCUT2D eigenvalue weighted by molar-refractivity contribution is 9.10. The second-order valence-corrected chi connectivity index (χ2v) is 6.38. The van der Waals surface area contributed by atoms with Gasteiger partial charge in [0.1, 0.15) is 12.4 Å². The first-order valence-corrected chi connectivity index (χ1v) is 7.94. The molecule has 4 nitrogen and oxygen atoms in total. The third-order valence-electron chi connectivity index (χ3n) is 3.73. The second-order valence-electron chi connectivity index (χ2n) is 5.46. The largest absolute Gasteiger partial charge is 0.492 e. The molecule has 0 aliphatic carbocycles. The smallest absolute Gasteiger partial charge is 0.125 e. The lowest BCUT2D eigenvalue weighted by molar-refractivity contribution is 0.133. The van der Waals surface area contributed by atoms with E-state index in [0.717, 1.165) is 48.5 Å². The Morgan fingerprint density at radius 3 is 2.65 bits per heavy atom. The van der Waals surface area contributed by atoms with Gasteiger partial charge < -0.3 is 15.4 Å². The van der Waals surface area contributed by atoms with Crippen LogP contribution in [-0.2, 0) is 0 Å². The summed E-state index contributed by atoms with van der Waals surface area (Å²) >= 11 is 3.48. The first-order chi connectivity index (χ1) is 9.56. The number of rotatable bonds is 5. The number of likely N-dealkylation sites (N-methyl/N-ethyl adjacent to an activating group) is 1. The highest BCUT2D eigenvalue weighted by Crippen LogP contribution is 2.27. The minimum atomic E-state index is -0.0123. The van der Waals surface area contributed by atoms with Crippen LogP contribution in [0.1, 0.15) is 18.5 Å². The summed E-state index contributed by atoms with van der Waals surface area (Å²) in [5.41, 5.74) is 7.04. The Morgan fingerprint density at radius 1 is 1.30 bits per heavy atom. The third kappa shape index (κ3) is 4.45. The third-order valence-corrected chi connectivity index (χ3v) is 4.22. The molecule has 0 aromatic heterocycles. The van der Waals surface area contributed by atoms with Crippen LogP contribution in [0, 0.1) is 0 Å². The molecule has 1 aliphatic rings. The van der Waals surface area contributed by atoms with Crippen LogP contribution in [0.3, 0.4) is 0 Å². The van der Waals surface area contributed by atoms with Crippen molar-refractivity contribution in [1.82, 2.24) is 9.80 Å². The Hall–Kier alpha value is -0.620. The molecule has 1 unspecified atom stereocenters. The van der Waals surface area contributed by atoms with E-state index in [1.807, 2.05) is 25.1 Å². The topological polar surface area (TPSA) is 41.7 Å². The Balaban J connectivity index is 1.86. The fourth-order valence-electron chi connectivity index (χ4n) is 2.37. The molecule has 1 heterocycles. The van der Waals surface area contributed by atoms with Crippen LogP contribution >= 0.6 is 15.9 Å². The predicted molar refractivity (Wildman–Crippen MR) is 86.2 cm³/mol. The molecule has 0 radical (unpaired) electrons. The van der Waals surface area contributed by atoms with Gasteiger partial charge in [-0.05, 0) is 26.1 Å². The molecule has 5 heteroatoms. The van der Waals surface area contributed by atoms with Crippen molar-refractivity contribution < 1.29 is 4.74 Å². The number of benzene rings is 1. The van der Waals surface area contributed by atoms with E-state index >= 15 is 0 Å². The lowest BCUT2D eigenvalue weighted by Crippen LogP contribution is -2.45. The second kappa shape index (κ2) is 7.41. The van der Waals surface area contributed by atoms with Crippen LogP contribution in [-0.4, -0.2) is 56.2 Å². The number of nitrogens with zero attached hydrogens (tertiary/aromatic N) is 2. The molecule has 2 rings (SSSR count). The van der Waals surface area contributed by atoms with Gasteiger partial charge in [0.2, 0.25) is 0 Å². The maximum absolute atomic E-state index is 5.98. The monoisotopic (exact) mass is 341 g/mol. The van der Waals surface area contributed by atoms with Crippen molar-refractivity contribution in [3.63, 3.8) is 0 Å². The van der Waals surface area contributed by atoms with Gasteiger partial charge in [0.05, 0.1) is 0 Å². The van der Waals surface area contributed by atoms with E-state index < -0.39 is 0 Å². The molecule has 1 aromatic carbocycles. The fourth-order valence-corrected chi connectivity index (χ4v) is 2.71. The van der Waals surface area contributed by atoms with Crippen molar-refractivity contribution in [3.8, 4) is 5.75 Å². The Labute approximate surface area is 130 Å². The molecule has 0 bridgehead atoms. The van der Waals surface area contributed by atoms with Crippen LogP contribution in [0.15, 0.2) is 22.7 Å². The lowest BCUT2D eigenvalue weighted by Gasteiger charge is -2.32. The first-order valence-electron chi connectivity index (χ1n) is 7.15. The molecule has 2 N–H and O–H groups in total. The normalized spacial score (nSPS) is 19.0.